The smallest absolute Gasteiger partial charge is 0.224 e. The van der Waals surface area contributed by atoms with Crippen LogP contribution in [0.5, 0.6) is 0 Å². The van der Waals surface area contributed by atoms with Crippen LogP contribution in [0.4, 0.5) is 10.1 Å². The van der Waals surface area contributed by atoms with Crippen molar-refractivity contribution in [3.8, 4) is 0 Å². The number of aryl methyl sites for hydroxylation is 1. The van der Waals surface area contributed by atoms with Crippen molar-refractivity contribution in [1.82, 2.24) is 4.98 Å². The van der Waals surface area contributed by atoms with Crippen molar-refractivity contribution in [3.05, 3.63) is 58.6 Å². The Morgan fingerprint density at radius 1 is 1.37 bits per heavy atom. The molecule has 0 spiro atoms. The number of hydrogen-bond acceptors (Lipinski definition) is 2. The molecule has 1 heterocycles. The lowest BCUT2D eigenvalue weighted by molar-refractivity contribution is -0.116. The maximum absolute atomic E-state index is 13.5. The van der Waals surface area contributed by atoms with E-state index in [0.29, 0.717) is 17.3 Å². The van der Waals surface area contributed by atoms with Gasteiger partial charge in [-0.2, -0.15) is 0 Å². The van der Waals surface area contributed by atoms with E-state index in [9.17, 15) is 9.18 Å². The van der Waals surface area contributed by atoms with E-state index in [2.05, 4.69) is 26.2 Å². The third-order valence-corrected chi connectivity index (χ3v) is 3.06. The maximum atomic E-state index is 13.5. The molecule has 0 aliphatic heterocycles. The molecule has 0 aliphatic carbocycles. The lowest BCUT2D eigenvalue weighted by Crippen LogP contribution is -2.13. The van der Waals surface area contributed by atoms with Gasteiger partial charge < -0.3 is 5.32 Å². The number of halogens is 2. The SMILES string of the molecule is O=C(CCc1cccnc1)Nc1ccc(Br)cc1F. The van der Waals surface area contributed by atoms with Crippen LogP contribution in [-0.4, -0.2) is 10.9 Å². The summed E-state index contributed by atoms with van der Waals surface area (Å²) in [6.07, 6.45) is 4.27. The molecule has 1 aromatic heterocycles. The van der Waals surface area contributed by atoms with Crippen molar-refractivity contribution in [2.75, 3.05) is 5.32 Å². The molecule has 0 radical (unpaired) electrons. The van der Waals surface area contributed by atoms with Crippen LogP contribution in [0.2, 0.25) is 0 Å². The Kier molecular flexibility index (Phi) is 4.63. The van der Waals surface area contributed by atoms with Gasteiger partial charge in [-0.1, -0.05) is 22.0 Å². The van der Waals surface area contributed by atoms with Crippen molar-refractivity contribution >= 4 is 27.5 Å². The van der Waals surface area contributed by atoms with Gasteiger partial charge in [0.1, 0.15) is 5.82 Å². The Morgan fingerprint density at radius 2 is 2.21 bits per heavy atom. The maximum Gasteiger partial charge on any atom is 0.224 e. The van der Waals surface area contributed by atoms with Crippen molar-refractivity contribution < 1.29 is 9.18 Å². The first kappa shape index (κ1) is 13.7. The van der Waals surface area contributed by atoms with Crippen molar-refractivity contribution in [1.29, 1.82) is 0 Å². The highest BCUT2D eigenvalue weighted by atomic mass is 79.9. The summed E-state index contributed by atoms with van der Waals surface area (Å²) < 4.78 is 14.2. The first-order valence-corrected chi connectivity index (χ1v) is 6.58. The number of anilines is 1. The topological polar surface area (TPSA) is 42.0 Å². The second-order valence-electron chi connectivity index (χ2n) is 4.03. The number of rotatable bonds is 4. The number of amides is 1. The average Bonchev–Trinajstić information content (AvgIpc) is 2.41. The lowest BCUT2D eigenvalue weighted by atomic mass is 10.1. The molecule has 0 bridgehead atoms. The van der Waals surface area contributed by atoms with E-state index in [1.165, 1.54) is 12.1 Å². The molecule has 19 heavy (non-hydrogen) atoms. The van der Waals surface area contributed by atoms with Crippen LogP contribution in [0.15, 0.2) is 47.2 Å². The van der Waals surface area contributed by atoms with Crippen molar-refractivity contribution in [3.63, 3.8) is 0 Å². The zero-order valence-corrected chi connectivity index (χ0v) is 11.7. The first-order chi connectivity index (χ1) is 9.15. The Balaban J connectivity index is 1.91. The van der Waals surface area contributed by atoms with E-state index in [-0.39, 0.29) is 11.6 Å². The molecule has 1 N–H and O–H groups in total. The van der Waals surface area contributed by atoms with Crippen LogP contribution in [0.25, 0.3) is 0 Å². The van der Waals surface area contributed by atoms with Gasteiger partial charge in [-0.25, -0.2) is 4.39 Å². The van der Waals surface area contributed by atoms with E-state index in [4.69, 9.17) is 0 Å². The number of nitrogens with one attached hydrogen (secondary N) is 1. The Labute approximate surface area is 119 Å². The minimum absolute atomic E-state index is 0.194. The molecule has 0 unspecified atom stereocenters. The molecule has 0 saturated carbocycles. The number of carbonyl (C=O) groups is 1. The van der Waals surface area contributed by atoms with Gasteiger partial charge in [-0.3, -0.25) is 9.78 Å². The van der Waals surface area contributed by atoms with Gasteiger partial charge in [-0.15, -0.1) is 0 Å². The molecule has 0 fully saturated rings. The average molecular weight is 323 g/mol. The van der Waals surface area contributed by atoms with E-state index >= 15 is 0 Å². The van der Waals surface area contributed by atoms with Crippen molar-refractivity contribution in [2.45, 2.75) is 12.8 Å². The molecule has 0 saturated heterocycles. The second kappa shape index (κ2) is 6.43. The second-order valence-corrected chi connectivity index (χ2v) is 4.95. The molecule has 98 valence electrons. The zero-order valence-electron chi connectivity index (χ0n) is 10.1. The summed E-state index contributed by atoms with van der Waals surface area (Å²) >= 11 is 3.16. The molecule has 0 atom stereocenters. The normalized spacial score (nSPS) is 10.2. The molecule has 0 aliphatic rings. The fourth-order valence-corrected chi connectivity index (χ4v) is 1.94. The summed E-state index contributed by atoms with van der Waals surface area (Å²) in [6, 6.07) is 8.25. The van der Waals surface area contributed by atoms with Gasteiger partial charge in [-0.05, 0) is 36.2 Å². The van der Waals surface area contributed by atoms with Crippen LogP contribution in [0, 0.1) is 5.82 Å². The predicted molar refractivity (Wildman–Crippen MR) is 75.3 cm³/mol. The summed E-state index contributed by atoms with van der Waals surface area (Å²) in [6.45, 7) is 0. The molecule has 3 nitrogen and oxygen atoms in total. The fraction of sp³-hybridized carbons (Fsp3) is 0.143. The molecule has 1 amide bonds. The number of hydrogen-bond donors (Lipinski definition) is 1. The largest absolute Gasteiger partial charge is 0.324 e. The number of aromatic nitrogens is 1. The lowest BCUT2D eigenvalue weighted by Gasteiger charge is -2.06. The minimum atomic E-state index is -0.455. The third-order valence-electron chi connectivity index (χ3n) is 2.57. The van der Waals surface area contributed by atoms with Gasteiger partial charge in [0.05, 0.1) is 5.69 Å². The van der Waals surface area contributed by atoms with E-state index < -0.39 is 5.82 Å². The van der Waals surface area contributed by atoms with Crippen molar-refractivity contribution in [2.24, 2.45) is 0 Å². The summed E-state index contributed by atoms with van der Waals surface area (Å²) in [5.74, 6) is -0.672. The summed E-state index contributed by atoms with van der Waals surface area (Å²) in [5.41, 5.74) is 1.17. The van der Waals surface area contributed by atoms with Crippen LogP contribution in [0.1, 0.15) is 12.0 Å². The molecule has 5 heteroatoms. The number of pyridine rings is 1. The van der Waals surface area contributed by atoms with E-state index in [1.807, 2.05) is 12.1 Å². The minimum Gasteiger partial charge on any atom is -0.324 e. The van der Waals surface area contributed by atoms with Crippen LogP contribution in [-0.2, 0) is 11.2 Å². The number of nitrogens with zero attached hydrogens (tertiary/aromatic N) is 1. The van der Waals surface area contributed by atoms with Gasteiger partial charge in [0.15, 0.2) is 0 Å². The van der Waals surface area contributed by atoms with Gasteiger partial charge in [0, 0.05) is 23.3 Å². The third kappa shape index (κ3) is 4.13. The summed E-state index contributed by atoms with van der Waals surface area (Å²) in [7, 11) is 0. The highest BCUT2D eigenvalue weighted by molar-refractivity contribution is 9.10. The molecular formula is C14H12BrFN2O. The van der Waals surface area contributed by atoms with Crippen LogP contribution >= 0.6 is 15.9 Å². The quantitative estimate of drug-likeness (QED) is 0.935. The molecule has 2 rings (SSSR count). The Bertz CT molecular complexity index is 575. The monoisotopic (exact) mass is 322 g/mol. The number of carbonyl (C=O) groups excluding carboxylic acids is 1. The van der Waals surface area contributed by atoms with Crippen LogP contribution in [0.3, 0.4) is 0 Å². The highest BCUT2D eigenvalue weighted by Crippen LogP contribution is 2.19. The summed E-state index contributed by atoms with van der Waals surface area (Å²) in [5, 5.41) is 2.55. The standard InChI is InChI=1S/C14H12BrFN2O/c15-11-4-5-13(12(16)8-11)18-14(19)6-3-10-2-1-7-17-9-10/h1-2,4-5,7-9H,3,6H2,(H,18,19). The van der Waals surface area contributed by atoms with E-state index in [1.54, 1.807) is 18.5 Å². The number of benzene rings is 1. The highest BCUT2D eigenvalue weighted by Gasteiger charge is 2.07. The predicted octanol–water partition coefficient (Wildman–Crippen LogP) is 3.55. The summed E-state index contributed by atoms with van der Waals surface area (Å²) in [4.78, 5) is 15.7. The molecule has 2 aromatic rings. The van der Waals surface area contributed by atoms with Gasteiger partial charge in [0.25, 0.3) is 0 Å². The Morgan fingerprint density at radius 3 is 2.89 bits per heavy atom. The Hall–Kier alpha value is -1.75. The molecule has 1 aromatic carbocycles. The molecular weight excluding hydrogens is 311 g/mol. The van der Waals surface area contributed by atoms with E-state index in [0.717, 1.165) is 5.56 Å². The fourth-order valence-electron chi connectivity index (χ4n) is 1.61. The van der Waals surface area contributed by atoms with Gasteiger partial charge in [0.2, 0.25) is 5.91 Å². The zero-order chi connectivity index (χ0) is 13.7. The van der Waals surface area contributed by atoms with Crippen LogP contribution < -0.4 is 5.32 Å². The van der Waals surface area contributed by atoms with Gasteiger partial charge >= 0.3 is 0 Å². The first-order valence-electron chi connectivity index (χ1n) is 5.79.